The summed E-state index contributed by atoms with van der Waals surface area (Å²) in [6.07, 6.45) is 15.3. The number of allylic oxidation sites excluding steroid dienone is 4. The van der Waals surface area contributed by atoms with E-state index in [0.717, 1.165) is 91.4 Å². The van der Waals surface area contributed by atoms with E-state index in [2.05, 4.69) is 60.7 Å². The van der Waals surface area contributed by atoms with Gasteiger partial charge in [0, 0.05) is 57.3 Å². The second-order valence-corrected chi connectivity index (χ2v) is 23.1. The number of fused-ring (bicyclic) bond motifs is 16. The van der Waals surface area contributed by atoms with Gasteiger partial charge < -0.3 is 0 Å². The van der Waals surface area contributed by atoms with Crippen molar-refractivity contribution in [3.8, 4) is 0 Å². The largest absolute Gasteiger partial charge is 0.288 e. The third-order valence-corrected chi connectivity index (χ3v) is 19.9. The van der Waals surface area contributed by atoms with E-state index in [0.29, 0.717) is 22.3 Å². The normalized spacial score (nSPS) is 19.0. The number of benzene rings is 6. The summed E-state index contributed by atoms with van der Waals surface area (Å²) in [7, 11) is 0. The lowest BCUT2D eigenvalue weighted by atomic mass is 9.67. The number of carbonyl (C=O) groups is 4. The van der Waals surface area contributed by atoms with E-state index in [9.17, 15) is 19.2 Å². The monoisotopic (exact) mass is 920 g/mol. The Labute approximate surface area is 398 Å². The molecule has 322 valence electrons. The number of hydrogen-bond acceptors (Lipinski definition) is 7. The Kier molecular flexibility index (Phi) is 7.87. The number of carbonyl (C=O) groups excluding carboxylic acids is 4. The van der Waals surface area contributed by atoms with Gasteiger partial charge in [0.15, 0.2) is 23.1 Å². The lowest BCUT2D eigenvalue weighted by Gasteiger charge is -2.37. The van der Waals surface area contributed by atoms with Crippen LogP contribution in [0, 0.1) is 0 Å². The number of rotatable bonds is 2. The molecule has 0 N–H and O–H groups in total. The highest BCUT2D eigenvalue weighted by Gasteiger charge is 2.59. The van der Waals surface area contributed by atoms with Gasteiger partial charge in [0.1, 0.15) is 0 Å². The molecule has 6 aliphatic rings. The molecule has 0 saturated heterocycles. The minimum Gasteiger partial charge on any atom is -0.288 e. The van der Waals surface area contributed by atoms with Crippen LogP contribution in [0.1, 0.15) is 136 Å². The molecule has 7 heteroatoms. The molecule has 67 heavy (non-hydrogen) atoms. The Bertz CT molecular complexity index is 3810. The van der Waals surface area contributed by atoms with E-state index in [1.807, 2.05) is 72.0 Å². The first-order chi connectivity index (χ1) is 32.8. The summed E-state index contributed by atoms with van der Waals surface area (Å²) in [5, 5.41) is 8.32. The molecule has 3 heterocycles. The molecular weight excluding hydrogens is 881 g/mol. The van der Waals surface area contributed by atoms with Crippen molar-refractivity contribution in [3.63, 3.8) is 0 Å². The first kappa shape index (κ1) is 38.7. The van der Waals surface area contributed by atoms with Crippen LogP contribution in [0.5, 0.6) is 0 Å². The molecule has 15 rings (SSSR count). The zero-order valence-corrected chi connectivity index (χ0v) is 38.9. The second-order valence-electron chi connectivity index (χ2n) is 19.9. The summed E-state index contributed by atoms with van der Waals surface area (Å²) < 4.78 is 2.55. The molecule has 0 radical (unpaired) electrons. The summed E-state index contributed by atoms with van der Waals surface area (Å²) in [6.45, 7) is 0. The van der Waals surface area contributed by atoms with Gasteiger partial charge in [-0.2, -0.15) is 0 Å². The standard InChI is InChI=1S/C60H40O4S3/c61-52-41-23-35-19-31-11-3-4-12-32(31)20-36(35)24-42(41)53(62)45(52)27-39-29-47-56(65-39)49-50(59(47)15-7-1-8-16-59)58-51(60(49)17-9-2-10-18-60)57-48(67-58)30-40(66-57)28-46-54(63)43-25-37-21-33-13-5-6-14-34(33)22-38(37)26-44(43)55(46)64/h3-6,11-14,19-30H,1-2,7-10,15-18H2. The minimum atomic E-state index is -0.191. The van der Waals surface area contributed by atoms with E-state index in [4.69, 9.17) is 0 Å². The van der Waals surface area contributed by atoms with Gasteiger partial charge in [-0.1, -0.05) is 87.1 Å². The molecule has 0 unspecified atom stereocenters. The lowest BCUT2D eigenvalue weighted by molar-refractivity contribution is 0.0975. The molecule has 6 aliphatic carbocycles. The van der Waals surface area contributed by atoms with Gasteiger partial charge in [0.2, 0.25) is 0 Å². The number of thiophene rings is 3. The van der Waals surface area contributed by atoms with Crippen LogP contribution < -0.4 is 0 Å². The Morgan fingerprint density at radius 2 is 0.821 bits per heavy atom. The van der Waals surface area contributed by atoms with Gasteiger partial charge in [-0.3, -0.25) is 19.2 Å². The molecule has 0 aliphatic heterocycles. The lowest BCUT2D eigenvalue weighted by Crippen LogP contribution is -2.28. The smallest absolute Gasteiger partial charge is 0.197 e. The van der Waals surface area contributed by atoms with E-state index in [1.54, 1.807) is 28.2 Å². The van der Waals surface area contributed by atoms with Crippen LogP contribution >= 0.6 is 34.0 Å². The van der Waals surface area contributed by atoms with Crippen LogP contribution in [0.2, 0.25) is 0 Å². The molecule has 3 aromatic heterocycles. The zero-order valence-electron chi connectivity index (χ0n) is 36.5. The Hall–Kier alpha value is -6.38. The molecule has 4 nitrogen and oxygen atoms in total. The summed E-state index contributed by atoms with van der Waals surface area (Å²) in [5.41, 5.74) is 8.28. The van der Waals surface area contributed by atoms with Crippen LogP contribution in [0.4, 0.5) is 0 Å². The van der Waals surface area contributed by atoms with Gasteiger partial charge in [0.05, 0.1) is 15.8 Å². The van der Waals surface area contributed by atoms with Crippen LogP contribution in [-0.2, 0) is 10.8 Å². The van der Waals surface area contributed by atoms with Crippen molar-refractivity contribution in [1.82, 2.24) is 0 Å². The van der Waals surface area contributed by atoms with Crippen molar-refractivity contribution in [3.05, 3.63) is 173 Å². The Balaban J connectivity index is 0.828. The van der Waals surface area contributed by atoms with Crippen molar-refractivity contribution >= 4 is 133 Å². The highest BCUT2D eigenvalue weighted by molar-refractivity contribution is 7.29. The Morgan fingerprint density at radius 1 is 0.403 bits per heavy atom. The molecule has 0 atom stereocenters. The van der Waals surface area contributed by atoms with Crippen molar-refractivity contribution in [2.75, 3.05) is 0 Å². The van der Waals surface area contributed by atoms with E-state index >= 15 is 0 Å². The van der Waals surface area contributed by atoms with Crippen LogP contribution in [0.25, 0.3) is 75.8 Å². The first-order valence-corrected chi connectivity index (χ1v) is 26.2. The van der Waals surface area contributed by atoms with Crippen molar-refractivity contribution in [2.24, 2.45) is 0 Å². The third-order valence-electron chi connectivity index (χ3n) is 16.4. The summed E-state index contributed by atoms with van der Waals surface area (Å²) >= 11 is 5.47. The van der Waals surface area contributed by atoms with Crippen LogP contribution in [-0.4, -0.2) is 23.1 Å². The summed E-state index contributed by atoms with van der Waals surface area (Å²) in [6, 6.07) is 37.1. The maximum atomic E-state index is 14.2. The molecule has 0 amide bonds. The number of ketones is 4. The number of hydrogen-bond donors (Lipinski definition) is 0. The topological polar surface area (TPSA) is 68.3 Å². The molecule has 2 fully saturated rings. The average Bonchev–Trinajstić information content (AvgIpc) is 4.20. The summed E-state index contributed by atoms with van der Waals surface area (Å²) in [5.74, 6) is -0.742. The molecule has 0 bridgehead atoms. The highest BCUT2D eigenvalue weighted by Crippen LogP contribution is 2.73. The first-order valence-electron chi connectivity index (χ1n) is 23.8. The Morgan fingerprint density at radius 3 is 1.28 bits per heavy atom. The van der Waals surface area contributed by atoms with E-state index in [-0.39, 0.29) is 45.1 Å². The maximum Gasteiger partial charge on any atom is 0.197 e. The molecule has 2 spiro atoms. The fourth-order valence-electron chi connectivity index (χ4n) is 13.4. The van der Waals surface area contributed by atoms with Gasteiger partial charge in [-0.25, -0.2) is 0 Å². The molecular formula is C60H40O4S3. The van der Waals surface area contributed by atoms with Gasteiger partial charge in [-0.05, 0) is 164 Å². The van der Waals surface area contributed by atoms with Gasteiger partial charge >= 0.3 is 0 Å². The van der Waals surface area contributed by atoms with Gasteiger partial charge in [-0.15, -0.1) is 34.0 Å². The highest BCUT2D eigenvalue weighted by atomic mass is 32.1. The quantitative estimate of drug-likeness (QED) is 0.0984. The summed E-state index contributed by atoms with van der Waals surface area (Å²) in [4.78, 5) is 61.4. The molecule has 2 saturated carbocycles. The molecule has 6 aromatic carbocycles. The van der Waals surface area contributed by atoms with E-state index < -0.39 is 0 Å². The van der Waals surface area contributed by atoms with Crippen molar-refractivity contribution in [1.29, 1.82) is 0 Å². The SMILES string of the molecule is O=C1C(=Cc2cc3c(s2)C2=C(c4sc5cc(C=C6C(=O)c7cc8cc9ccccc9cc8cc7C6=O)sc5c4C24CCCCC4)C32CCCCC2)C(=O)c2cc3cc4ccccc4cc3cc21. The third kappa shape index (κ3) is 5.17. The predicted molar refractivity (Wildman–Crippen MR) is 277 cm³/mol. The average molecular weight is 921 g/mol. The van der Waals surface area contributed by atoms with Crippen LogP contribution in [0.3, 0.4) is 0 Å². The van der Waals surface area contributed by atoms with Gasteiger partial charge in [0.25, 0.3) is 0 Å². The van der Waals surface area contributed by atoms with E-state index in [1.165, 1.54) is 61.5 Å². The molecule has 9 aromatic rings. The minimum absolute atomic E-state index is 0.0973. The second kappa shape index (κ2) is 13.6. The van der Waals surface area contributed by atoms with Crippen molar-refractivity contribution < 1.29 is 19.2 Å². The van der Waals surface area contributed by atoms with Crippen molar-refractivity contribution in [2.45, 2.75) is 75.0 Å². The fourth-order valence-corrected chi connectivity index (χ4v) is 17.7. The number of Topliss-reactive ketones (excluding diaryl/α,β-unsaturated/α-hetero) is 4. The van der Waals surface area contributed by atoms with Crippen LogP contribution in [0.15, 0.2) is 120 Å². The zero-order chi connectivity index (χ0) is 44.5. The fraction of sp³-hybridized carbons (Fsp3) is 0.200. The maximum absolute atomic E-state index is 14.2. The predicted octanol–water partition coefficient (Wildman–Crippen LogP) is 15.9.